The number of fused-ring (bicyclic) bond motifs is 1. The lowest BCUT2D eigenvalue weighted by Gasteiger charge is -2.20. The number of benzene rings is 2. The summed E-state index contributed by atoms with van der Waals surface area (Å²) >= 11 is 0. The minimum absolute atomic E-state index is 0.105. The van der Waals surface area contributed by atoms with Crippen molar-refractivity contribution in [2.75, 3.05) is 17.2 Å². The minimum atomic E-state index is -0.691. The Balaban J connectivity index is 1.69. The molecule has 0 aliphatic carbocycles. The van der Waals surface area contributed by atoms with Crippen LogP contribution >= 0.6 is 0 Å². The first-order valence-electron chi connectivity index (χ1n) is 9.29. The number of nitrogens with two attached hydrogens (primary N) is 1. The highest BCUT2D eigenvalue weighted by atomic mass is 19.1. The van der Waals surface area contributed by atoms with Crippen LogP contribution in [0.15, 0.2) is 42.6 Å². The first-order chi connectivity index (χ1) is 14.4. The van der Waals surface area contributed by atoms with Gasteiger partial charge in [0.2, 0.25) is 5.95 Å². The van der Waals surface area contributed by atoms with E-state index < -0.39 is 5.91 Å². The fourth-order valence-electron chi connectivity index (χ4n) is 3.28. The molecule has 8 nitrogen and oxygen atoms in total. The third-order valence-electron chi connectivity index (χ3n) is 4.80. The summed E-state index contributed by atoms with van der Waals surface area (Å²) < 4.78 is 13.5. The predicted molar refractivity (Wildman–Crippen MR) is 111 cm³/mol. The SMILES string of the molecule is Cc1cc(Nc2ncc(C(N)=O)c(Nc3cccc4c3CCNC4=O)n2)ccc1F. The van der Waals surface area contributed by atoms with Gasteiger partial charge in [-0.25, -0.2) is 9.37 Å². The van der Waals surface area contributed by atoms with E-state index in [0.717, 1.165) is 5.56 Å². The van der Waals surface area contributed by atoms with Crippen LogP contribution in [0.2, 0.25) is 0 Å². The average Bonchev–Trinajstić information content (AvgIpc) is 2.71. The number of hydrogen-bond acceptors (Lipinski definition) is 6. The molecule has 2 heterocycles. The number of rotatable bonds is 5. The standard InChI is InChI=1S/C21H19FN6O2/c1-11-9-12(5-6-16(11)22)26-21-25-10-15(18(23)29)19(28-21)27-17-4-2-3-14-13(17)7-8-24-20(14)30/h2-6,9-10H,7-8H2,1H3,(H2,23,29)(H,24,30)(H2,25,26,27,28). The number of aromatic nitrogens is 2. The first kappa shape index (κ1) is 19.3. The fourth-order valence-corrected chi connectivity index (χ4v) is 3.28. The molecule has 1 aliphatic rings. The number of halogens is 1. The number of primary amides is 1. The molecule has 1 aromatic heterocycles. The topological polar surface area (TPSA) is 122 Å². The van der Waals surface area contributed by atoms with Crippen LogP contribution in [0, 0.1) is 12.7 Å². The number of nitrogens with one attached hydrogen (secondary N) is 3. The maximum absolute atomic E-state index is 13.5. The van der Waals surface area contributed by atoms with Gasteiger partial charge in [0.15, 0.2) is 0 Å². The number of anilines is 4. The molecule has 0 unspecified atom stereocenters. The molecule has 4 rings (SSSR count). The molecule has 2 aromatic carbocycles. The minimum Gasteiger partial charge on any atom is -0.365 e. The summed E-state index contributed by atoms with van der Waals surface area (Å²) in [5.74, 6) is -0.740. The highest BCUT2D eigenvalue weighted by molar-refractivity contribution is 6.00. The molecule has 152 valence electrons. The summed E-state index contributed by atoms with van der Waals surface area (Å²) in [7, 11) is 0. The van der Waals surface area contributed by atoms with Gasteiger partial charge in [0.25, 0.3) is 11.8 Å². The number of carbonyl (C=O) groups is 2. The molecule has 0 spiro atoms. The first-order valence-corrected chi connectivity index (χ1v) is 9.29. The van der Waals surface area contributed by atoms with Crippen LogP contribution in [0.5, 0.6) is 0 Å². The van der Waals surface area contributed by atoms with E-state index in [1.165, 1.54) is 12.3 Å². The van der Waals surface area contributed by atoms with Gasteiger partial charge in [0, 0.05) is 29.7 Å². The van der Waals surface area contributed by atoms with E-state index in [1.807, 2.05) is 0 Å². The molecule has 0 saturated heterocycles. The number of carbonyl (C=O) groups excluding carboxylic acids is 2. The Morgan fingerprint density at radius 3 is 2.83 bits per heavy atom. The maximum Gasteiger partial charge on any atom is 0.254 e. The summed E-state index contributed by atoms with van der Waals surface area (Å²) in [5, 5.41) is 8.91. The van der Waals surface area contributed by atoms with Gasteiger partial charge in [-0.1, -0.05) is 6.07 Å². The van der Waals surface area contributed by atoms with Crippen molar-refractivity contribution in [2.45, 2.75) is 13.3 Å². The van der Waals surface area contributed by atoms with Gasteiger partial charge in [0.05, 0.1) is 0 Å². The Bertz CT molecular complexity index is 1160. The van der Waals surface area contributed by atoms with Gasteiger partial charge in [-0.15, -0.1) is 0 Å². The van der Waals surface area contributed by atoms with Gasteiger partial charge in [-0.2, -0.15) is 4.98 Å². The van der Waals surface area contributed by atoms with E-state index in [0.29, 0.717) is 35.5 Å². The average molecular weight is 406 g/mol. The van der Waals surface area contributed by atoms with Gasteiger partial charge >= 0.3 is 0 Å². The Morgan fingerprint density at radius 1 is 1.23 bits per heavy atom. The molecular formula is C21H19FN6O2. The summed E-state index contributed by atoms with van der Waals surface area (Å²) in [6.45, 7) is 2.17. The van der Waals surface area contributed by atoms with Crippen molar-refractivity contribution in [1.82, 2.24) is 15.3 Å². The van der Waals surface area contributed by atoms with Crippen molar-refractivity contribution in [3.8, 4) is 0 Å². The van der Waals surface area contributed by atoms with Crippen LogP contribution < -0.4 is 21.7 Å². The summed E-state index contributed by atoms with van der Waals surface area (Å²) in [6.07, 6.45) is 1.96. The lowest BCUT2D eigenvalue weighted by Crippen LogP contribution is -2.32. The van der Waals surface area contributed by atoms with Crippen molar-refractivity contribution in [2.24, 2.45) is 5.73 Å². The Labute approximate surface area is 171 Å². The van der Waals surface area contributed by atoms with Crippen LogP contribution in [0.1, 0.15) is 31.8 Å². The lowest BCUT2D eigenvalue weighted by atomic mass is 9.98. The van der Waals surface area contributed by atoms with Crippen LogP contribution in [0.4, 0.5) is 27.5 Å². The van der Waals surface area contributed by atoms with E-state index in [4.69, 9.17) is 5.73 Å². The van der Waals surface area contributed by atoms with Crippen LogP contribution in [0.25, 0.3) is 0 Å². The smallest absolute Gasteiger partial charge is 0.254 e. The van der Waals surface area contributed by atoms with E-state index in [-0.39, 0.29) is 29.1 Å². The van der Waals surface area contributed by atoms with E-state index >= 15 is 0 Å². The molecule has 0 fully saturated rings. The quantitative estimate of drug-likeness (QED) is 0.517. The van der Waals surface area contributed by atoms with Gasteiger partial charge in [-0.3, -0.25) is 9.59 Å². The highest BCUT2D eigenvalue weighted by Crippen LogP contribution is 2.28. The summed E-state index contributed by atoms with van der Waals surface area (Å²) in [6, 6.07) is 9.83. The molecule has 0 atom stereocenters. The van der Waals surface area contributed by atoms with E-state index in [1.54, 1.807) is 37.3 Å². The van der Waals surface area contributed by atoms with Crippen molar-refractivity contribution in [1.29, 1.82) is 0 Å². The van der Waals surface area contributed by atoms with Crippen molar-refractivity contribution in [3.63, 3.8) is 0 Å². The molecule has 0 radical (unpaired) electrons. The molecule has 9 heteroatoms. The molecule has 0 bridgehead atoms. The van der Waals surface area contributed by atoms with Gasteiger partial charge in [-0.05, 0) is 54.8 Å². The maximum atomic E-state index is 13.5. The number of hydrogen-bond donors (Lipinski definition) is 4. The normalized spacial score (nSPS) is 12.7. The second-order valence-electron chi connectivity index (χ2n) is 6.87. The lowest BCUT2D eigenvalue weighted by molar-refractivity contribution is 0.0944. The largest absolute Gasteiger partial charge is 0.365 e. The van der Waals surface area contributed by atoms with Crippen LogP contribution in [0.3, 0.4) is 0 Å². The zero-order valence-corrected chi connectivity index (χ0v) is 16.1. The van der Waals surface area contributed by atoms with E-state index in [2.05, 4.69) is 25.9 Å². The monoisotopic (exact) mass is 406 g/mol. The van der Waals surface area contributed by atoms with Crippen molar-refractivity contribution >= 4 is 35.0 Å². The second kappa shape index (κ2) is 7.78. The predicted octanol–water partition coefficient (Wildman–Crippen LogP) is 2.80. The molecule has 1 aliphatic heterocycles. The fraction of sp³-hybridized carbons (Fsp3) is 0.143. The van der Waals surface area contributed by atoms with Gasteiger partial charge in [0.1, 0.15) is 17.2 Å². The zero-order valence-electron chi connectivity index (χ0n) is 16.1. The van der Waals surface area contributed by atoms with Crippen molar-refractivity contribution < 1.29 is 14.0 Å². The molecule has 5 N–H and O–H groups in total. The second-order valence-corrected chi connectivity index (χ2v) is 6.87. The number of aryl methyl sites for hydroxylation is 1. The molecule has 30 heavy (non-hydrogen) atoms. The van der Waals surface area contributed by atoms with Crippen molar-refractivity contribution in [3.05, 3.63) is 70.7 Å². The molecule has 0 saturated carbocycles. The number of amides is 2. The third-order valence-corrected chi connectivity index (χ3v) is 4.80. The highest BCUT2D eigenvalue weighted by Gasteiger charge is 2.21. The molecule has 2 amide bonds. The zero-order chi connectivity index (χ0) is 21.3. The third kappa shape index (κ3) is 3.77. The van der Waals surface area contributed by atoms with Crippen LogP contribution in [-0.2, 0) is 6.42 Å². The molecule has 3 aromatic rings. The summed E-state index contributed by atoms with van der Waals surface area (Å²) in [4.78, 5) is 32.5. The van der Waals surface area contributed by atoms with E-state index in [9.17, 15) is 14.0 Å². The summed E-state index contributed by atoms with van der Waals surface area (Å²) in [5.41, 5.74) is 8.72. The van der Waals surface area contributed by atoms with Gasteiger partial charge < -0.3 is 21.7 Å². The Hall–Kier alpha value is -4.01. The number of nitrogens with zero attached hydrogens (tertiary/aromatic N) is 2. The Morgan fingerprint density at radius 2 is 2.07 bits per heavy atom. The molecular weight excluding hydrogens is 387 g/mol. The van der Waals surface area contributed by atoms with Crippen LogP contribution in [-0.4, -0.2) is 28.3 Å². The Kier molecular flexibility index (Phi) is 5.01.